The second kappa shape index (κ2) is 4.37. The first-order valence-electron chi connectivity index (χ1n) is 4.68. The smallest absolute Gasteiger partial charge is 0.298 e. The molecule has 4 heteroatoms. The topological polar surface area (TPSA) is 30.9 Å². The lowest BCUT2D eigenvalue weighted by Crippen LogP contribution is -2.60. The van der Waals surface area contributed by atoms with Crippen LogP contribution in [0.25, 0.3) is 0 Å². The zero-order valence-corrected chi connectivity index (χ0v) is 8.87. The summed E-state index contributed by atoms with van der Waals surface area (Å²) in [5, 5.41) is 0. The highest BCUT2D eigenvalue weighted by molar-refractivity contribution is 4.80. The molecule has 4 nitrogen and oxygen atoms in total. The fourth-order valence-electron chi connectivity index (χ4n) is 1.82. The predicted octanol–water partition coefficient (Wildman–Crippen LogP) is 0.674. The zero-order chi connectivity index (χ0) is 9.90. The lowest BCUT2D eigenvalue weighted by molar-refractivity contribution is -0.400. The van der Waals surface area contributed by atoms with Crippen LogP contribution in [0, 0.1) is 0 Å². The van der Waals surface area contributed by atoms with Crippen LogP contribution in [0.5, 0.6) is 0 Å². The minimum atomic E-state index is -0.881. The van der Waals surface area contributed by atoms with Crippen molar-refractivity contribution in [1.29, 1.82) is 0 Å². The summed E-state index contributed by atoms with van der Waals surface area (Å²) in [6, 6.07) is 0.126. The van der Waals surface area contributed by atoms with Crippen LogP contribution in [-0.2, 0) is 14.2 Å². The number of hydrogen-bond acceptors (Lipinski definition) is 4. The highest BCUT2D eigenvalue weighted by atomic mass is 16.9. The predicted molar refractivity (Wildman–Crippen MR) is 49.4 cm³/mol. The second-order valence-corrected chi connectivity index (χ2v) is 3.16. The van der Waals surface area contributed by atoms with Crippen molar-refractivity contribution in [1.82, 2.24) is 4.90 Å². The SMILES string of the molecule is CCN1CCOC(OC)(OC)C1C. The van der Waals surface area contributed by atoms with E-state index in [-0.39, 0.29) is 6.04 Å². The molecular weight excluding hydrogens is 170 g/mol. The summed E-state index contributed by atoms with van der Waals surface area (Å²) in [5.41, 5.74) is 0. The highest BCUT2D eigenvalue weighted by Crippen LogP contribution is 2.26. The average Bonchev–Trinajstić information content (AvgIpc) is 2.19. The Balaban J connectivity index is 2.72. The van der Waals surface area contributed by atoms with Crippen LogP contribution in [0.15, 0.2) is 0 Å². The Morgan fingerprint density at radius 1 is 1.46 bits per heavy atom. The number of methoxy groups -OCH3 is 2. The normalized spacial score (nSPS) is 29.1. The molecule has 1 aliphatic heterocycles. The standard InChI is InChI=1S/C9H19NO3/c1-5-10-6-7-13-9(11-3,12-4)8(10)2/h8H,5-7H2,1-4H3. The Kier molecular flexibility index (Phi) is 3.67. The summed E-state index contributed by atoms with van der Waals surface area (Å²) in [7, 11) is 3.22. The summed E-state index contributed by atoms with van der Waals surface area (Å²) in [4.78, 5) is 2.27. The molecule has 13 heavy (non-hydrogen) atoms. The molecule has 0 aromatic rings. The van der Waals surface area contributed by atoms with Gasteiger partial charge in [-0.3, -0.25) is 4.90 Å². The van der Waals surface area contributed by atoms with Gasteiger partial charge in [0.25, 0.3) is 5.97 Å². The van der Waals surface area contributed by atoms with Crippen LogP contribution in [0.1, 0.15) is 13.8 Å². The Hall–Kier alpha value is -0.160. The van der Waals surface area contributed by atoms with E-state index in [4.69, 9.17) is 14.2 Å². The summed E-state index contributed by atoms with van der Waals surface area (Å²) in [5.74, 6) is -0.881. The first kappa shape index (κ1) is 10.9. The molecule has 0 saturated carbocycles. The van der Waals surface area contributed by atoms with E-state index in [0.29, 0.717) is 6.61 Å². The molecule has 0 N–H and O–H groups in total. The molecule has 0 bridgehead atoms. The molecule has 0 aromatic carbocycles. The Bertz CT molecular complexity index is 159. The molecule has 1 heterocycles. The lowest BCUT2D eigenvalue weighted by Gasteiger charge is -2.45. The van der Waals surface area contributed by atoms with Crippen LogP contribution in [0.3, 0.4) is 0 Å². The fraction of sp³-hybridized carbons (Fsp3) is 1.00. The first-order chi connectivity index (χ1) is 6.20. The van der Waals surface area contributed by atoms with Gasteiger partial charge >= 0.3 is 0 Å². The average molecular weight is 189 g/mol. The quantitative estimate of drug-likeness (QED) is 0.611. The van der Waals surface area contributed by atoms with E-state index in [9.17, 15) is 0 Å². The third kappa shape index (κ3) is 1.86. The molecule has 1 unspecified atom stereocenters. The van der Waals surface area contributed by atoms with Crippen molar-refractivity contribution in [2.45, 2.75) is 25.9 Å². The third-order valence-electron chi connectivity index (χ3n) is 2.72. The van der Waals surface area contributed by atoms with Crippen molar-refractivity contribution in [3.8, 4) is 0 Å². The van der Waals surface area contributed by atoms with E-state index in [0.717, 1.165) is 13.1 Å². The molecule has 0 aliphatic carbocycles. The molecule has 0 aromatic heterocycles. The van der Waals surface area contributed by atoms with Crippen LogP contribution in [0.4, 0.5) is 0 Å². The number of morpholine rings is 1. The van der Waals surface area contributed by atoms with Gasteiger partial charge in [0.2, 0.25) is 0 Å². The molecule has 1 saturated heterocycles. The molecule has 78 valence electrons. The molecule has 0 amide bonds. The summed E-state index contributed by atoms with van der Waals surface area (Å²) in [6.07, 6.45) is 0. The minimum Gasteiger partial charge on any atom is -0.330 e. The van der Waals surface area contributed by atoms with Crippen LogP contribution in [-0.4, -0.2) is 50.8 Å². The first-order valence-corrected chi connectivity index (χ1v) is 4.68. The van der Waals surface area contributed by atoms with Gasteiger partial charge in [-0.25, -0.2) is 0 Å². The van der Waals surface area contributed by atoms with Crippen molar-refractivity contribution in [3.63, 3.8) is 0 Å². The molecule has 0 radical (unpaired) electrons. The van der Waals surface area contributed by atoms with Gasteiger partial charge in [0.05, 0.1) is 12.6 Å². The summed E-state index contributed by atoms with van der Waals surface area (Å²) in [6.45, 7) is 6.75. The molecule has 1 fully saturated rings. The van der Waals surface area contributed by atoms with Gasteiger partial charge in [0.1, 0.15) is 0 Å². The number of rotatable bonds is 3. The van der Waals surface area contributed by atoms with E-state index in [1.807, 2.05) is 0 Å². The van der Waals surface area contributed by atoms with Crippen molar-refractivity contribution in [2.24, 2.45) is 0 Å². The van der Waals surface area contributed by atoms with Gasteiger partial charge in [0, 0.05) is 20.8 Å². The Morgan fingerprint density at radius 2 is 2.08 bits per heavy atom. The fourth-order valence-corrected chi connectivity index (χ4v) is 1.82. The monoisotopic (exact) mass is 189 g/mol. The van der Waals surface area contributed by atoms with E-state index < -0.39 is 5.97 Å². The van der Waals surface area contributed by atoms with Crippen molar-refractivity contribution >= 4 is 0 Å². The third-order valence-corrected chi connectivity index (χ3v) is 2.72. The highest BCUT2D eigenvalue weighted by Gasteiger charge is 2.44. The maximum atomic E-state index is 5.52. The maximum absolute atomic E-state index is 5.52. The molecule has 1 atom stereocenters. The van der Waals surface area contributed by atoms with Gasteiger partial charge in [-0.15, -0.1) is 0 Å². The number of hydrogen-bond donors (Lipinski definition) is 0. The van der Waals surface area contributed by atoms with Gasteiger partial charge in [-0.2, -0.15) is 0 Å². The molecule has 0 spiro atoms. The summed E-state index contributed by atoms with van der Waals surface area (Å²) >= 11 is 0. The van der Waals surface area contributed by atoms with Crippen LogP contribution >= 0.6 is 0 Å². The largest absolute Gasteiger partial charge is 0.330 e. The van der Waals surface area contributed by atoms with Crippen LogP contribution in [0.2, 0.25) is 0 Å². The van der Waals surface area contributed by atoms with Gasteiger partial charge in [-0.1, -0.05) is 6.92 Å². The summed E-state index contributed by atoms with van der Waals surface area (Å²) < 4.78 is 16.1. The van der Waals surface area contributed by atoms with E-state index in [2.05, 4.69) is 18.7 Å². The molecule has 1 aliphatic rings. The lowest BCUT2D eigenvalue weighted by atomic mass is 10.2. The van der Waals surface area contributed by atoms with E-state index in [1.54, 1.807) is 14.2 Å². The molecule has 1 rings (SSSR count). The van der Waals surface area contributed by atoms with Gasteiger partial charge in [0.15, 0.2) is 0 Å². The van der Waals surface area contributed by atoms with Crippen LogP contribution < -0.4 is 0 Å². The van der Waals surface area contributed by atoms with Gasteiger partial charge in [-0.05, 0) is 13.5 Å². The maximum Gasteiger partial charge on any atom is 0.298 e. The second-order valence-electron chi connectivity index (χ2n) is 3.16. The zero-order valence-electron chi connectivity index (χ0n) is 8.87. The molecular formula is C9H19NO3. The minimum absolute atomic E-state index is 0.126. The van der Waals surface area contributed by atoms with Crippen molar-refractivity contribution < 1.29 is 14.2 Å². The number of likely N-dealkylation sites (N-methyl/N-ethyl adjacent to an activating group) is 1. The van der Waals surface area contributed by atoms with E-state index >= 15 is 0 Å². The number of ether oxygens (including phenoxy) is 3. The Labute approximate surface area is 79.8 Å². The Morgan fingerprint density at radius 3 is 2.54 bits per heavy atom. The van der Waals surface area contributed by atoms with Gasteiger partial charge < -0.3 is 14.2 Å². The van der Waals surface area contributed by atoms with Crippen molar-refractivity contribution in [3.05, 3.63) is 0 Å². The van der Waals surface area contributed by atoms with E-state index in [1.165, 1.54) is 0 Å². The van der Waals surface area contributed by atoms with Crippen molar-refractivity contribution in [2.75, 3.05) is 33.9 Å². The number of nitrogens with zero attached hydrogens (tertiary/aromatic N) is 1.